The first-order valence-electron chi connectivity index (χ1n) is 9.63. The van der Waals surface area contributed by atoms with Gasteiger partial charge in [-0.1, -0.05) is 12.1 Å². The number of para-hydroxylation sites is 1. The zero-order chi connectivity index (χ0) is 20.6. The molecule has 0 bridgehead atoms. The molecule has 0 spiro atoms. The Morgan fingerprint density at radius 3 is 2.59 bits per heavy atom. The molecule has 0 radical (unpaired) electrons. The summed E-state index contributed by atoms with van der Waals surface area (Å²) in [6.45, 7) is 5.41. The highest BCUT2D eigenvalue weighted by Gasteiger charge is 2.24. The van der Waals surface area contributed by atoms with E-state index in [9.17, 15) is 12.8 Å². The second-order valence-electron chi connectivity index (χ2n) is 7.00. The van der Waals surface area contributed by atoms with Crippen LogP contribution in [0.25, 0.3) is 0 Å². The Bertz CT molecular complexity index is 756. The summed E-state index contributed by atoms with van der Waals surface area (Å²) in [6.07, 6.45) is 2.89. The van der Waals surface area contributed by atoms with Gasteiger partial charge in [0.2, 0.25) is 10.0 Å². The number of piperidine rings is 1. The molecule has 1 aromatic rings. The van der Waals surface area contributed by atoms with Gasteiger partial charge in [0, 0.05) is 33.2 Å². The van der Waals surface area contributed by atoms with E-state index in [4.69, 9.17) is 9.73 Å². The lowest BCUT2D eigenvalue weighted by atomic mass is 9.98. The van der Waals surface area contributed by atoms with E-state index in [2.05, 4.69) is 5.32 Å². The third kappa shape index (κ3) is 8.63. The normalized spacial score (nSPS) is 16.2. The van der Waals surface area contributed by atoms with Crippen LogP contribution in [-0.4, -0.2) is 76.2 Å². The van der Waals surface area contributed by atoms with Crippen LogP contribution in [0.2, 0.25) is 0 Å². The molecule has 166 valence electrons. The summed E-state index contributed by atoms with van der Waals surface area (Å²) in [4.78, 5) is 6.66. The number of rotatable bonds is 8. The zero-order valence-corrected chi connectivity index (χ0v) is 20.5. The number of sulfonamides is 1. The molecule has 1 fully saturated rings. The van der Waals surface area contributed by atoms with Crippen LogP contribution in [0, 0.1) is 11.7 Å². The summed E-state index contributed by atoms with van der Waals surface area (Å²) in [5.74, 6) is 1.02. The quantitative estimate of drug-likeness (QED) is 0.311. The van der Waals surface area contributed by atoms with Crippen LogP contribution < -0.4 is 10.1 Å². The Kier molecular flexibility index (Phi) is 11.2. The molecule has 0 unspecified atom stereocenters. The molecule has 1 aliphatic heterocycles. The van der Waals surface area contributed by atoms with Gasteiger partial charge in [-0.05, 0) is 37.8 Å². The van der Waals surface area contributed by atoms with Crippen molar-refractivity contribution in [3.63, 3.8) is 0 Å². The van der Waals surface area contributed by atoms with Crippen molar-refractivity contribution in [2.24, 2.45) is 10.9 Å². The molecule has 0 aliphatic carbocycles. The van der Waals surface area contributed by atoms with Gasteiger partial charge in [-0.3, -0.25) is 4.99 Å². The van der Waals surface area contributed by atoms with Crippen LogP contribution in [0.5, 0.6) is 5.75 Å². The van der Waals surface area contributed by atoms with Crippen LogP contribution in [0.3, 0.4) is 0 Å². The molecular formula is C19H32FIN4O3S. The minimum Gasteiger partial charge on any atom is -0.489 e. The predicted octanol–water partition coefficient (Wildman–Crippen LogP) is 2.39. The molecule has 1 aromatic carbocycles. The van der Waals surface area contributed by atoms with E-state index < -0.39 is 10.0 Å². The summed E-state index contributed by atoms with van der Waals surface area (Å²) in [7, 11) is -1.19. The molecule has 2 rings (SSSR count). The number of halogens is 2. The van der Waals surface area contributed by atoms with Crippen molar-refractivity contribution in [1.82, 2.24) is 14.5 Å². The lowest BCUT2D eigenvalue weighted by molar-refractivity contribution is 0.267. The minimum atomic E-state index is -3.10. The van der Waals surface area contributed by atoms with Gasteiger partial charge in [0.05, 0.1) is 12.8 Å². The fourth-order valence-electron chi connectivity index (χ4n) is 3.07. The molecule has 1 N–H and O–H groups in total. The highest BCUT2D eigenvalue weighted by Crippen LogP contribution is 2.19. The first-order valence-corrected chi connectivity index (χ1v) is 11.5. The number of hydrogen-bond acceptors (Lipinski definition) is 4. The summed E-state index contributed by atoms with van der Waals surface area (Å²) in [6, 6.07) is 6.35. The van der Waals surface area contributed by atoms with Crippen molar-refractivity contribution in [2.75, 3.05) is 52.6 Å². The van der Waals surface area contributed by atoms with Gasteiger partial charge in [0.15, 0.2) is 17.5 Å². The number of hydrogen-bond donors (Lipinski definition) is 1. The average Bonchev–Trinajstić information content (AvgIpc) is 2.66. The van der Waals surface area contributed by atoms with E-state index in [0.29, 0.717) is 38.7 Å². The Morgan fingerprint density at radius 2 is 2.00 bits per heavy atom. The Hall–Kier alpha value is -1.14. The minimum absolute atomic E-state index is 0. The topological polar surface area (TPSA) is 74.2 Å². The molecule has 29 heavy (non-hydrogen) atoms. The highest BCUT2D eigenvalue weighted by molar-refractivity contribution is 14.0. The van der Waals surface area contributed by atoms with Crippen molar-refractivity contribution in [2.45, 2.75) is 19.8 Å². The molecule has 1 heterocycles. The number of ether oxygens (including phenoxy) is 1. The van der Waals surface area contributed by atoms with E-state index in [1.54, 1.807) is 18.2 Å². The second-order valence-corrected chi connectivity index (χ2v) is 8.98. The van der Waals surface area contributed by atoms with Gasteiger partial charge in [-0.2, -0.15) is 0 Å². The maximum absolute atomic E-state index is 13.6. The van der Waals surface area contributed by atoms with Crippen LogP contribution in [0.4, 0.5) is 4.39 Å². The Labute approximate surface area is 190 Å². The van der Waals surface area contributed by atoms with Crippen molar-refractivity contribution in [3.8, 4) is 5.75 Å². The molecule has 0 saturated carbocycles. The third-order valence-corrected chi connectivity index (χ3v) is 6.06. The van der Waals surface area contributed by atoms with E-state index >= 15 is 0 Å². The molecule has 0 amide bonds. The van der Waals surface area contributed by atoms with Gasteiger partial charge >= 0.3 is 0 Å². The van der Waals surface area contributed by atoms with Crippen molar-refractivity contribution in [3.05, 3.63) is 30.1 Å². The number of likely N-dealkylation sites (N-methyl/N-ethyl adjacent to an activating group) is 1. The highest BCUT2D eigenvalue weighted by atomic mass is 127. The summed E-state index contributed by atoms with van der Waals surface area (Å²) < 4.78 is 43.9. The van der Waals surface area contributed by atoms with Gasteiger partial charge < -0.3 is 15.0 Å². The van der Waals surface area contributed by atoms with Gasteiger partial charge in [-0.25, -0.2) is 17.1 Å². The van der Waals surface area contributed by atoms with Crippen LogP contribution in [0.1, 0.15) is 19.8 Å². The van der Waals surface area contributed by atoms with E-state index in [-0.39, 0.29) is 35.5 Å². The second kappa shape index (κ2) is 12.5. The summed E-state index contributed by atoms with van der Waals surface area (Å²) >= 11 is 0. The van der Waals surface area contributed by atoms with Gasteiger partial charge in [0.1, 0.15) is 6.61 Å². The van der Waals surface area contributed by atoms with Crippen LogP contribution >= 0.6 is 24.0 Å². The smallest absolute Gasteiger partial charge is 0.211 e. The number of guanidine groups is 1. The Morgan fingerprint density at radius 1 is 1.34 bits per heavy atom. The van der Waals surface area contributed by atoms with Crippen molar-refractivity contribution in [1.29, 1.82) is 0 Å². The largest absolute Gasteiger partial charge is 0.489 e. The van der Waals surface area contributed by atoms with E-state index in [1.807, 2.05) is 18.9 Å². The van der Waals surface area contributed by atoms with E-state index in [0.717, 1.165) is 25.3 Å². The molecule has 1 aliphatic rings. The molecule has 0 aromatic heterocycles. The lowest BCUT2D eigenvalue weighted by Gasteiger charge is -2.30. The first kappa shape index (κ1) is 25.9. The number of aliphatic imine (C=N–C) groups is 1. The molecule has 10 heteroatoms. The standard InChI is InChI=1S/C19H31FN4O3S.HI/c1-4-21-19(22-15-16-9-11-24(12-10-16)28(3,25)26)23(2)13-14-27-18-8-6-5-7-17(18)20;/h5-8,16H,4,9-15H2,1-3H3,(H,21,22);1H. The number of benzene rings is 1. The zero-order valence-electron chi connectivity index (χ0n) is 17.3. The monoisotopic (exact) mass is 542 g/mol. The Balaban J connectivity index is 0.00000420. The van der Waals surface area contributed by atoms with Crippen molar-refractivity contribution < 1.29 is 17.5 Å². The van der Waals surface area contributed by atoms with Crippen LogP contribution in [-0.2, 0) is 10.0 Å². The SMILES string of the molecule is CCNC(=NCC1CCN(S(C)(=O)=O)CC1)N(C)CCOc1ccccc1F.I. The van der Waals surface area contributed by atoms with Gasteiger partial charge in [-0.15, -0.1) is 24.0 Å². The van der Waals surface area contributed by atoms with E-state index in [1.165, 1.54) is 16.6 Å². The fourth-order valence-corrected chi connectivity index (χ4v) is 3.94. The molecule has 1 saturated heterocycles. The summed E-state index contributed by atoms with van der Waals surface area (Å²) in [5.41, 5.74) is 0. The maximum Gasteiger partial charge on any atom is 0.211 e. The molecule has 0 atom stereocenters. The number of nitrogens with zero attached hydrogens (tertiary/aromatic N) is 3. The predicted molar refractivity (Wildman–Crippen MR) is 125 cm³/mol. The molecule has 7 nitrogen and oxygen atoms in total. The number of nitrogens with one attached hydrogen (secondary N) is 1. The van der Waals surface area contributed by atoms with Crippen molar-refractivity contribution >= 4 is 40.0 Å². The summed E-state index contributed by atoms with van der Waals surface area (Å²) in [5, 5.41) is 3.26. The molecular weight excluding hydrogens is 510 g/mol. The average molecular weight is 542 g/mol. The maximum atomic E-state index is 13.6. The lowest BCUT2D eigenvalue weighted by Crippen LogP contribution is -2.42. The first-order chi connectivity index (χ1) is 13.3. The third-order valence-electron chi connectivity index (χ3n) is 4.76. The fraction of sp³-hybridized carbons (Fsp3) is 0.632. The van der Waals surface area contributed by atoms with Crippen LogP contribution in [0.15, 0.2) is 29.3 Å². The van der Waals surface area contributed by atoms with Gasteiger partial charge in [0.25, 0.3) is 0 Å².